The number of hydrogen-bond acceptors (Lipinski definition) is 4. The number of likely N-dealkylation sites (N-methyl/N-ethyl adjacent to an activating group) is 1. The zero-order valence-electron chi connectivity index (χ0n) is 16.3. The SMILES string of the molecule is CC(=O)N1CC2(CCN(C(=O)/C=C/CN(C)C)CC2)C[C@H](O)C1(C)C. The molecule has 0 aromatic heterocycles. The molecule has 142 valence electrons. The van der Waals surface area contributed by atoms with Gasteiger partial charge in [0.15, 0.2) is 0 Å². The van der Waals surface area contributed by atoms with Crippen molar-refractivity contribution in [3.63, 3.8) is 0 Å². The summed E-state index contributed by atoms with van der Waals surface area (Å²) in [4.78, 5) is 30.1. The van der Waals surface area contributed by atoms with Gasteiger partial charge in [0.05, 0.1) is 11.6 Å². The van der Waals surface area contributed by atoms with Gasteiger partial charge in [-0.1, -0.05) is 6.08 Å². The Balaban J connectivity index is 1.99. The lowest BCUT2D eigenvalue weighted by Gasteiger charge is -2.55. The van der Waals surface area contributed by atoms with E-state index in [4.69, 9.17) is 0 Å². The Labute approximate surface area is 151 Å². The highest BCUT2D eigenvalue weighted by molar-refractivity contribution is 5.87. The molecule has 0 radical (unpaired) electrons. The number of aliphatic hydroxyl groups is 1. The van der Waals surface area contributed by atoms with E-state index in [0.717, 1.165) is 19.4 Å². The maximum absolute atomic E-state index is 12.3. The molecule has 25 heavy (non-hydrogen) atoms. The summed E-state index contributed by atoms with van der Waals surface area (Å²) in [5, 5.41) is 10.6. The summed E-state index contributed by atoms with van der Waals surface area (Å²) >= 11 is 0. The lowest BCUT2D eigenvalue weighted by Crippen LogP contribution is -2.64. The summed E-state index contributed by atoms with van der Waals surface area (Å²) in [6.45, 7) is 8.22. The van der Waals surface area contributed by atoms with E-state index in [0.29, 0.717) is 26.1 Å². The molecule has 2 rings (SSSR count). The van der Waals surface area contributed by atoms with E-state index in [2.05, 4.69) is 0 Å². The molecule has 0 aromatic rings. The first-order chi connectivity index (χ1) is 11.6. The number of rotatable bonds is 3. The summed E-state index contributed by atoms with van der Waals surface area (Å²) in [7, 11) is 3.94. The van der Waals surface area contributed by atoms with Crippen molar-refractivity contribution in [2.45, 2.75) is 51.7 Å². The van der Waals surface area contributed by atoms with Gasteiger partial charge in [0.2, 0.25) is 11.8 Å². The van der Waals surface area contributed by atoms with Crippen LogP contribution in [0.3, 0.4) is 0 Å². The van der Waals surface area contributed by atoms with E-state index >= 15 is 0 Å². The average Bonchev–Trinajstić information content (AvgIpc) is 2.51. The highest BCUT2D eigenvalue weighted by atomic mass is 16.3. The second kappa shape index (κ2) is 7.46. The Bertz CT molecular complexity index is 534. The molecule has 0 bridgehead atoms. The van der Waals surface area contributed by atoms with Gasteiger partial charge in [-0.05, 0) is 52.6 Å². The highest BCUT2D eigenvalue weighted by Crippen LogP contribution is 2.45. The molecule has 2 saturated heterocycles. The van der Waals surface area contributed by atoms with Crippen LogP contribution in [0.1, 0.15) is 40.0 Å². The van der Waals surface area contributed by atoms with E-state index in [9.17, 15) is 14.7 Å². The minimum Gasteiger partial charge on any atom is -0.391 e. The van der Waals surface area contributed by atoms with Crippen molar-refractivity contribution < 1.29 is 14.7 Å². The van der Waals surface area contributed by atoms with Gasteiger partial charge >= 0.3 is 0 Å². The lowest BCUT2D eigenvalue weighted by molar-refractivity contribution is -0.158. The fourth-order valence-electron chi connectivity index (χ4n) is 3.99. The number of amides is 2. The molecule has 1 spiro atoms. The molecule has 2 heterocycles. The second-order valence-electron chi connectivity index (χ2n) is 8.47. The van der Waals surface area contributed by atoms with Crippen LogP contribution in [0.25, 0.3) is 0 Å². The smallest absolute Gasteiger partial charge is 0.246 e. The van der Waals surface area contributed by atoms with E-state index < -0.39 is 11.6 Å². The number of carbonyl (C=O) groups excluding carboxylic acids is 2. The first-order valence-electron chi connectivity index (χ1n) is 9.14. The third-order valence-corrected chi connectivity index (χ3v) is 5.88. The largest absolute Gasteiger partial charge is 0.391 e. The molecule has 2 amide bonds. The Morgan fingerprint density at radius 2 is 1.84 bits per heavy atom. The fourth-order valence-corrected chi connectivity index (χ4v) is 3.99. The summed E-state index contributed by atoms with van der Waals surface area (Å²) in [6.07, 6.45) is 5.36. The second-order valence-corrected chi connectivity index (χ2v) is 8.47. The molecule has 2 fully saturated rings. The molecular formula is C19H33N3O3. The van der Waals surface area contributed by atoms with Gasteiger partial charge in [0.25, 0.3) is 0 Å². The van der Waals surface area contributed by atoms with Crippen molar-refractivity contribution in [3.05, 3.63) is 12.2 Å². The number of likely N-dealkylation sites (tertiary alicyclic amines) is 2. The summed E-state index contributed by atoms with van der Waals surface area (Å²) < 4.78 is 0. The van der Waals surface area contributed by atoms with Gasteiger partial charge in [0, 0.05) is 39.2 Å². The van der Waals surface area contributed by atoms with Crippen molar-refractivity contribution >= 4 is 11.8 Å². The molecule has 1 N–H and O–H groups in total. The zero-order chi connectivity index (χ0) is 18.8. The number of nitrogens with zero attached hydrogens (tertiary/aromatic N) is 3. The van der Waals surface area contributed by atoms with Crippen LogP contribution in [0.15, 0.2) is 12.2 Å². The van der Waals surface area contributed by atoms with E-state index in [1.807, 2.05) is 48.7 Å². The molecular weight excluding hydrogens is 318 g/mol. The van der Waals surface area contributed by atoms with Gasteiger partial charge in [-0.25, -0.2) is 0 Å². The van der Waals surface area contributed by atoms with Gasteiger partial charge < -0.3 is 19.8 Å². The number of piperidine rings is 2. The van der Waals surface area contributed by atoms with Gasteiger partial charge in [0.1, 0.15) is 0 Å². The van der Waals surface area contributed by atoms with Crippen molar-refractivity contribution in [2.24, 2.45) is 5.41 Å². The Hall–Kier alpha value is -1.40. The van der Waals surface area contributed by atoms with E-state index in [1.54, 1.807) is 13.0 Å². The number of carbonyl (C=O) groups is 2. The monoisotopic (exact) mass is 351 g/mol. The van der Waals surface area contributed by atoms with Crippen LogP contribution < -0.4 is 0 Å². The summed E-state index contributed by atoms with van der Waals surface area (Å²) in [5.74, 6) is 0.0602. The van der Waals surface area contributed by atoms with Gasteiger partial charge in [-0.2, -0.15) is 0 Å². The van der Waals surface area contributed by atoms with Gasteiger partial charge in [-0.15, -0.1) is 0 Å². The van der Waals surface area contributed by atoms with Crippen molar-refractivity contribution in [1.82, 2.24) is 14.7 Å². The van der Waals surface area contributed by atoms with Crippen LogP contribution in [-0.4, -0.2) is 83.5 Å². The Morgan fingerprint density at radius 1 is 1.24 bits per heavy atom. The van der Waals surface area contributed by atoms with E-state index in [1.165, 1.54) is 0 Å². The van der Waals surface area contributed by atoms with Crippen molar-refractivity contribution in [1.29, 1.82) is 0 Å². The maximum Gasteiger partial charge on any atom is 0.246 e. The molecule has 1 atom stereocenters. The van der Waals surface area contributed by atoms with Gasteiger partial charge in [-0.3, -0.25) is 9.59 Å². The molecule has 6 nitrogen and oxygen atoms in total. The molecule has 2 aliphatic heterocycles. The van der Waals surface area contributed by atoms with Crippen LogP contribution in [0, 0.1) is 5.41 Å². The van der Waals surface area contributed by atoms with Crippen LogP contribution in [0.4, 0.5) is 0 Å². The average molecular weight is 351 g/mol. The standard InChI is InChI=1S/C19H33N3O3/c1-15(23)22-14-19(13-16(24)18(22,2)3)8-11-21(12-9-19)17(25)7-6-10-20(4)5/h6-7,16,24H,8-14H2,1-5H3/b7-6+/t16-/m0/s1. The Kier molecular flexibility index (Phi) is 5.94. The molecule has 0 aliphatic carbocycles. The minimum atomic E-state index is -0.535. The topological polar surface area (TPSA) is 64.1 Å². The molecule has 2 aliphatic rings. The lowest BCUT2D eigenvalue weighted by atomic mass is 9.67. The normalized spacial score (nSPS) is 25.8. The Morgan fingerprint density at radius 3 is 2.36 bits per heavy atom. The first-order valence-corrected chi connectivity index (χ1v) is 9.14. The molecule has 0 saturated carbocycles. The van der Waals surface area contributed by atoms with Crippen LogP contribution in [0.2, 0.25) is 0 Å². The minimum absolute atomic E-state index is 0.00764. The van der Waals surface area contributed by atoms with Crippen LogP contribution in [-0.2, 0) is 9.59 Å². The third-order valence-electron chi connectivity index (χ3n) is 5.88. The molecule has 6 heteroatoms. The van der Waals surface area contributed by atoms with Crippen molar-refractivity contribution in [2.75, 3.05) is 40.3 Å². The summed E-state index contributed by atoms with van der Waals surface area (Å²) in [6, 6.07) is 0. The molecule has 0 aromatic carbocycles. The molecule has 0 unspecified atom stereocenters. The predicted octanol–water partition coefficient (Wildman–Crippen LogP) is 1.10. The third kappa shape index (κ3) is 4.42. The fraction of sp³-hybridized carbons (Fsp3) is 0.789. The maximum atomic E-state index is 12.3. The van der Waals surface area contributed by atoms with Crippen LogP contribution in [0.5, 0.6) is 0 Å². The highest BCUT2D eigenvalue weighted by Gasteiger charge is 2.50. The predicted molar refractivity (Wildman–Crippen MR) is 98.0 cm³/mol. The first kappa shape index (κ1) is 19.9. The van der Waals surface area contributed by atoms with Crippen molar-refractivity contribution in [3.8, 4) is 0 Å². The number of hydrogen-bond donors (Lipinski definition) is 1. The quantitative estimate of drug-likeness (QED) is 0.774. The van der Waals surface area contributed by atoms with E-state index in [-0.39, 0.29) is 17.2 Å². The zero-order valence-corrected chi connectivity index (χ0v) is 16.3. The summed E-state index contributed by atoms with van der Waals surface area (Å²) in [5.41, 5.74) is -0.607. The number of aliphatic hydroxyl groups excluding tert-OH is 1. The van der Waals surface area contributed by atoms with Crippen LogP contribution >= 0.6 is 0 Å².